The topological polar surface area (TPSA) is 88.7 Å². The van der Waals surface area contributed by atoms with Gasteiger partial charge in [-0.25, -0.2) is 0 Å². The van der Waals surface area contributed by atoms with Gasteiger partial charge in [-0.2, -0.15) is 0 Å². The van der Waals surface area contributed by atoms with Gasteiger partial charge in [-0.05, 0) is 48.9 Å². The van der Waals surface area contributed by atoms with E-state index in [2.05, 4.69) is 16.0 Å². The summed E-state index contributed by atoms with van der Waals surface area (Å²) >= 11 is 0. The van der Waals surface area contributed by atoms with Crippen LogP contribution in [0.5, 0.6) is 11.5 Å². The van der Waals surface area contributed by atoms with Crippen LogP contribution in [0.3, 0.4) is 0 Å². The van der Waals surface area contributed by atoms with Gasteiger partial charge in [0.15, 0.2) is 0 Å². The summed E-state index contributed by atoms with van der Waals surface area (Å²) in [5, 5.41) is 8.77. The van der Waals surface area contributed by atoms with Crippen molar-refractivity contribution in [3.05, 3.63) is 78.9 Å². The number of nitrogens with one attached hydrogen (secondary N) is 3. The Labute approximate surface area is 194 Å². The van der Waals surface area contributed by atoms with Crippen LogP contribution in [-0.4, -0.2) is 31.6 Å². The van der Waals surface area contributed by atoms with Gasteiger partial charge in [0.2, 0.25) is 11.8 Å². The van der Waals surface area contributed by atoms with Crippen LogP contribution in [0.1, 0.15) is 19.8 Å². The maximum Gasteiger partial charge on any atom is 0.243 e. The number of ether oxygens (including phenoxy) is 2. The van der Waals surface area contributed by atoms with E-state index in [0.29, 0.717) is 36.8 Å². The fourth-order valence-corrected chi connectivity index (χ4v) is 3.04. The average Bonchev–Trinajstić information content (AvgIpc) is 2.82. The lowest BCUT2D eigenvalue weighted by Crippen LogP contribution is -2.21. The number of hydrogen-bond donors (Lipinski definition) is 3. The van der Waals surface area contributed by atoms with E-state index in [4.69, 9.17) is 9.47 Å². The highest BCUT2D eigenvalue weighted by Gasteiger charge is 2.06. The van der Waals surface area contributed by atoms with Crippen LogP contribution in [0, 0.1) is 0 Å². The number of anilines is 3. The van der Waals surface area contributed by atoms with Gasteiger partial charge in [0.25, 0.3) is 0 Å². The summed E-state index contributed by atoms with van der Waals surface area (Å²) in [5.74, 6) is 1.22. The zero-order chi connectivity index (χ0) is 23.3. The molecule has 0 bridgehead atoms. The number of carbonyl (C=O) groups excluding carboxylic acids is 2. The number of benzene rings is 3. The van der Waals surface area contributed by atoms with Crippen molar-refractivity contribution < 1.29 is 19.1 Å². The molecule has 0 aliphatic heterocycles. The first kappa shape index (κ1) is 23.7. The van der Waals surface area contributed by atoms with Crippen molar-refractivity contribution in [2.45, 2.75) is 19.8 Å². The maximum atomic E-state index is 12.4. The molecule has 172 valence electrons. The summed E-state index contributed by atoms with van der Waals surface area (Å²) in [5.41, 5.74) is 2.08. The Bertz CT molecular complexity index is 1040. The molecule has 3 aromatic rings. The van der Waals surface area contributed by atoms with Crippen molar-refractivity contribution in [1.29, 1.82) is 0 Å². The predicted molar refractivity (Wildman–Crippen MR) is 131 cm³/mol. The lowest BCUT2D eigenvalue weighted by molar-refractivity contribution is -0.116. The van der Waals surface area contributed by atoms with E-state index < -0.39 is 0 Å². The third kappa shape index (κ3) is 8.57. The molecular weight excluding hydrogens is 418 g/mol. The quantitative estimate of drug-likeness (QED) is 0.343. The van der Waals surface area contributed by atoms with Crippen molar-refractivity contribution in [2.24, 2.45) is 0 Å². The minimum atomic E-state index is -0.194. The standard InChI is InChI=1S/C26H29N3O4/c1-2-8-25(30)28-21-10-6-9-20(17-21)27-19-26(31)29-22-11-7-14-24(18-22)33-16-15-32-23-12-4-3-5-13-23/h3-7,9-14,17-18,27H,2,8,15-16,19H2,1H3,(H,28,30)(H,29,31). The molecule has 0 heterocycles. The first-order valence-electron chi connectivity index (χ1n) is 11.0. The third-order valence-electron chi connectivity index (χ3n) is 4.56. The number of amides is 2. The van der Waals surface area contributed by atoms with Gasteiger partial charge >= 0.3 is 0 Å². The van der Waals surface area contributed by atoms with Crippen LogP contribution in [0.15, 0.2) is 78.9 Å². The molecule has 0 spiro atoms. The van der Waals surface area contributed by atoms with Crippen LogP contribution in [-0.2, 0) is 9.59 Å². The zero-order valence-corrected chi connectivity index (χ0v) is 18.7. The highest BCUT2D eigenvalue weighted by molar-refractivity contribution is 5.94. The van der Waals surface area contributed by atoms with Crippen LogP contribution in [0.2, 0.25) is 0 Å². The lowest BCUT2D eigenvalue weighted by atomic mass is 10.2. The maximum absolute atomic E-state index is 12.4. The lowest BCUT2D eigenvalue weighted by Gasteiger charge is -2.11. The SMILES string of the molecule is CCCC(=O)Nc1cccc(NCC(=O)Nc2cccc(OCCOc3ccccc3)c2)c1. The molecule has 3 N–H and O–H groups in total. The summed E-state index contributed by atoms with van der Waals surface area (Å²) in [7, 11) is 0. The molecule has 0 aliphatic rings. The predicted octanol–water partition coefficient (Wildman–Crippen LogP) is 4.93. The fraction of sp³-hybridized carbons (Fsp3) is 0.231. The monoisotopic (exact) mass is 447 g/mol. The molecule has 3 rings (SSSR count). The van der Waals surface area contributed by atoms with Crippen LogP contribution >= 0.6 is 0 Å². The van der Waals surface area contributed by atoms with Crippen molar-refractivity contribution in [3.8, 4) is 11.5 Å². The molecule has 7 nitrogen and oxygen atoms in total. The molecule has 0 saturated carbocycles. The molecule has 0 unspecified atom stereocenters. The minimum Gasteiger partial charge on any atom is -0.490 e. The van der Waals surface area contributed by atoms with E-state index in [1.54, 1.807) is 18.2 Å². The van der Waals surface area contributed by atoms with E-state index in [1.165, 1.54) is 0 Å². The Balaban J connectivity index is 1.42. The van der Waals surface area contributed by atoms with Gasteiger partial charge in [0, 0.05) is 29.5 Å². The summed E-state index contributed by atoms with van der Waals surface area (Å²) < 4.78 is 11.3. The number of hydrogen-bond acceptors (Lipinski definition) is 5. The third-order valence-corrected chi connectivity index (χ3v) is 4.56. The molecule has 7 heteroatoms. The van der Waals surface area contributed by atoms with Gasteiger partial charge in [-0.1, -0.05) is 37.3 Å². The Morgan fingerprint density at radius 3 is 2.06 bits per heavy atom. The second kappa shape index (κ2) is 12.8. The van der Waals surface area contributed by atoms with E-state index in [-0.39, 0.29) is 18.4 Å². The number of carbonyl (C=O) groups is 2. The Hall–Kier alpha value is -4.00. The average molecular weight is 448 g/mol. The van der Waals surface area contributed by atoms with Crippen molar-refractivity contribution >= 4 is 28.9 Å². The van der Waals surface area contributed by atoms with Crippen molar-refractivity contribution in [1.82, 2.24) is 0 Å². The summed E-state index contributed by atoms with van der Waals surface area (Å²) in [6.45, 7) is 2.85. The first-order valence-corrected chi connectivity index (χ1v) is 11.0. The first-order chi connectivity index (χ1) is 16.1. The van der Waals surface area contributed by atoms with E-state index >= 15 is 0 Å². The summed E-state index contributed by atoms with van der Waals surface area (Å²) in [4.78, 5) is 24.1. The summed E-state index contributed by atoms with van der Waals surface area (Å²) in [6, 6.07) is 24.0. The molecular formula is C26H29N3O4. The minimum absolute atomic E-state index is 0.0267. The molecule has 0 saturated heterocycles. The normalized spacial score (nSPS) is 10.2. The molecule has 3 aromatic carbocycles. The Morgan fingerprint density at radius 1 is 0.697 bits per heavy atom. The molecule has 0 fully saturated rings. The van der Waals surface area contributed by atoms with Crippen LogP contribution < -0.4 is 25.4 Å². The second-order valence-corrected chi connectivity index (χ2v) is 7.32. The van der Waals surface area contributed by atoms with Gasteiger partial charge in [0.05, 0.1) is 6.54 Å². The van der Waals surface area contributed by atoms with Crippen molar-refractivity contribution in [2.75, 3.05) is 35.7 Å². The van der Waals surface area contributed by atoms with Gasteiger partial charge < -0.3 is 25.4 Å². The van der Waals surface area contributed by atoms with Gasteiger partial charge in [-0.3, -0.25) is 9.59 Å². The highest BCUT2D eigenvalue weighted by atomic mass is 16.5. The van der Waals surface area contributed by atoms with Crippen LogP contribution in [0.4, 0.5) is 17.1 Å². The highest BCUT2D eigenvalue weighted by Crippen LogP contribution is 2.18. The molecule has 0 atom stereocenters. The van der Waals surface area contributed by atoms with E-state index in [1.807, 2.05) is 67.6 Å². The number of rotatable bonds is 12. The fourth-order valence-electron chi connectivity index (χ4n) is 3.04. The molecule has 2 amide bonds. The molecule has 33 heavy (non-hydrogen) atoms. The Kier molecular flexibility index (Phi) is 9.15. The van der Waals surface area contributed by atoms with Gasteiger partial charge in [-0.15, -0.1) is 0 Å². The van der Waals surface area contributed by atoms with Gasteiger partial charge in [0.1, 0.15) is 24.7 Å². The summed E-state index contributed by atoms with van der Waals surface area (Å²) in [6.07, 6.45) is 1.26. The van der Waals surface area contributed by atoms with Crippen molar-refractivity contribution in [3.63, 3.8) is 0 Å². The van der Waals surface area contributed by atoms with E-state index in [9.17, 15) is 9.59 Å². The largest absolute Gasteiger partial charge is 0.490 e. The van der Waals surface area contributed by atoms with E-state index in [0.717, 1.165) is 17.9 Å². The molecule has 0 aromatic heterocycles. The molecule has 0 aliphatic carbocycles. The second-order valence-electron chi connectivity index (χ2n) is 7.32. The van der Waals surface area contributed by atoms with Crippen LogP contribution in [0.25, 0.3) is 0 Å². The smallest absolute Gasteiger partial charge is 0.243 e. The Morgan fingerprint density at radius 2 is 1.30 bits per heavy atom. The zero-order valence-electron chi connectivity index (χ0n) is 18.7. The number of para-hydroxylation sites is 1. The molecule has 0 radical (unpaired) electrons.